The largest absolute Gasteiger partial charge is 0.427 e. The maximum Gasteiger partial charge on any atom is 0.311 e. The van der Waals surface area contributed by atoms with E-state index in [2.05, 4.69) is 0 Å². The average molecular weight is 357 g/mol. The summed E-state index contributed by atoms with van der Waals surface area (Å²) in [5.41, 5.74) is 7.42. The van der Waals surface area contributed by atoms with Gasteiger partial charge >= 0.3 is 5.97 Å². The molecule has 2 rings (SSSR count). The fourth-order valence-corrected chi connectivity index (χ4v) is 2.67. The third kappa shape index (κ3) is 6.31. The zero-order valence-electron chi connectivity index (χ0n) is 15.0. The summed E-state index contributed by atoms with van der Waals surface area (Å²) in [5, 5.41) is 0. The van der Waals surface area contributed by atoms with Crippen LogP contribution in [0.15, 0.2) is 42.5 Å². The first-order valence-corrected chi connectivity index (χ1v) is 8.83. The summed E-state index contributed by atoms with van der Waals surface area (Å²) in [4.78, 5) is 23.0. The fraction of sp³-hybridized carbons (Fsp3) is 0.333. The molecular weight excluding hydrogens is 333 g/mol. The monoisotopic (exact) mass is 357 g/mol. The van der Waals surface area contributed by atoms with Crippen molar-refractivity contribution in [3.63, 3.8) is 0 Å². The van der Waals surface area contributed by atoms with E-state index >= 15 is 0 Å². The van der Waals surface area contributed by atoms with E-state index in [-0.39, 0.29) is 18.2 Å². The first-order chi connectivity index (χ1) is 12.5. The number of esters is 1. The molecule has 138 valence electrons. The number of halogens is 1. The predicted molar refractivity (Wildman–Crippen MR) is 98.3 cm³/mol. The molecule has 2 aromatic carbocycles. The second kappa shape index (κ2) is 9.70. The molecule has 0 atom stereocenters. The molecule has 4 nitrogen and oxygen atoms in total. The van der Waals surface area contributed by atoms with Crippen molar-refractivity contribution in [3.05, 3.63) is 65.0 Å². The molecule has 0 fully saturated rings. The molecule has 0 aliphatic heterocycles. The lowest BCUT2D eigenvalue weighted by Gasteiger charge is -2.11. The molecule has 0 unspecified atom stereocenters. The Morgan fingerprint density at radius 3 is 2.50 bits per heavy atom. The molecule has 5 heteroatoms. The summed E-state index contributed by atoms with van der Waals surface area (Å²) in [6.45, 7) is 2.00. The lowest BCUT2D eigenvalue weighted by atomic mass is 10.00. The van der Waals surface area contributed by atoms with Crippen LogP contribution < -0.4 is 10.5 Å². The van der Waals surface area contributed by atoms with Crippen molar-refractivity contribution in [2.75, 3.05) is 0 Å². The van der Waals surface area contributed by atoms with Crippen molar-refractivity contribution in [1.29, 1.82) is 0 Å². The normalized spacial score (nSPS) is 10.5. The number of carbonyl (C=O) groups is 2. The van der Waals surface area contributed by atoms with Crippen molar-refractivity contribution in [2.24, 2.45) is 5.73 Å². The molecular formula is C21H24FNO3. The molecule has 0 saturated heterocycles. The van der Waals surface area contributed by atoms with E-state index in [1.54, 1.807) is 30.3 Å². The Bertz CT molecular complexity index is 774. The number of amides is 1. The highest BCUT2D eigenvalue weighted by molar-refractivity contribution is 5.74. The number of unbranched alkanes of at least 4 members (excludes halogenated alkanes) is 1. The number of ether oxygens (including phenoxy) is 1. The van der Waals surface area contributed by atoms with Crippen molar-refractivity contribution in [2.45, 2.75) is 45.4 Å². The third-order valence-electron chi connectivity index (χ3n) is 4.00. The molecule has 26 heavy (non-hydrogen) atoms. The minimum absolute atomic E-state index is 0.201. The summed E-state index contributed by atoms with van der Waals surface area (Å²) in [6, 6.07) is 11.9. The van der Waals surface area contributed by atoms with Gasteiger partial charge in [0.15, 0.2) is 0 Å². The number of aryl methyl sites for hydroxylation is 1. The Morgan fingerprint density at radius 1 is 1.08 bits per heavy atom. The molecule has 0 aliphatic rings. The molecule has 1 amide bonds. The van der Waals surface area contributed by atoms with Crippen LogP contribution in [0.4, 0.5) is 4.39 Å². The van der Waals surface area contributed by atoms with Gasteiger partial charge in [-0.1, -0.05) is 37.6 Å². The number of carbonyl (C=O) groups excluding carboxylic acids is 2. The number of rotatable bonds is 9. The highest BCUT2D eigenvalue weighted by atomic mass is 19.1. The minimum Gasteiger partial charge on any atom is -0.427 e. The molecule has 2 aromatic rings. The van der Waals surface area contributed by atoms with Gasteiger partial charge in [-0.25, -0.2) is 4.39 Å². The van der Waals surface area contributed by atoms with Crippen LogP contribution in [0, 0.1) is 5.82 Å². The van der Waals surface area contributed by atoms with Crippen LogP contribution in [0.5, 0.6) is 5.75 Å². The molecule has 0 aliphatic carbocycles. The van der Waals surface area contributed by atoms with Gasteiger partial charge in [-0.15, -0.1) is 0 Å². The summed E-state index contributed by atoms with van der Waals surface area (Å²) in [7, 11) is 0. The standard InChI is InChI=1S/C21H24FNO3/c1-2-3-8-21(25)26-18-13-15(9-10-20(23)24)11-16(14-18)12-17-6-4-5-7-19(17)22/h4-7,11,13-14H,2-3,8-10,12H2,1H3,(H2,23,24). The maximum absolute atomic E-state index is 13.9. The lowest BCUT2D eigenvalue weighted by molar-refractivity contribution is -0.134. The van der Waals surface area contributed by atoms with Gasteiger partial charge in [0, 0.05) is 19.3 Å². The summed E-state index contributed by atoms with van der Waals surface area (Å²) >= 11 is 0. The first-order valence-electron chi connectivity index (χ1n) is 8.83. The third-order valence-corrected chi connectivity index (χ3v) is 4.00. The van der Waals surface area contributed by atoms with Crippen molar-refractivity contribution < 1.29 is 18.7 Å². The van der Waals surface area contributed by atoms with Crippen LogP contribution in [-0.4, -0.2) is 11.9 Å². The average Bonchev–Trinajstić information content (AvgIpc) is 2.60. The van der Waals surface area contributed by atoms with Gasteiger partial charge in [-0.3, -0.25) is 9.59 Å². The molecule has 2 N–H and O–H groups in total. The van der Waals surface area contributed by atoms with E-state index in [9.17, 15) is 14.0 Å². The maximum atomic E-state index is 13.9. The molecule has 0 spiro atoms. The zero-order chi connectivity index (χ0) is 18.9. The first kappa shape index (κ1) is 19.6. The molecule has 0 bridgehead atoms. The number of primary amides is 1. The minimum atomic E-state index is -0.397. The zero-order valence-corrected chi connectivity index (χ0v) is 15.0. The van der Waals surface area contributed by atoms with Crippen molar-refractivity contribution in [3.8, 4) is 5.75 Å². The van der Waals surface area contributed by atoms with Crippen LogP contribution >= 0.6 is 0 Å². The van der Waals surface area contributed by atoms with Crippen LogP contribution in [0.25, 0.3) is 0 Å². The van der Waals surface area contributed by atoms with E-state index in [1.807, 2.05) is 13.0 Å². The number of benzene rings is 2. The van der Waals surface area contributed by atoms with Gasteiger partial charge in [0.2, 0.25) is 5.91 Å². The Morgan fingerprint density at radius 2 is 1.81 bits per heavy atom. The SMILES string of the molecule is CCCCC(=O)Oc1cc(CCC(N)=O)cc(Cc2ccccc2F)c1. The van der Waals surface area contributed by atoms with Gasteiger partial charge in [-0.05, 0) is 47.7 Å². The topological polar surface area (TPSA) is 69.4 Å². The Labute approximate surface area is 153 Å². The predicted octanol–water partition coefficient (Wildman–Crippen LogP) is 3.93. The van der Waals surface area contributed by atoms with Gasteiger partial charge in [0.25, 0.3) is 0 Å². The number of nitrogens with two attached hydrogens (primary N) is 1. The van der Waals surface area contributed by atoms with Gasteiger partial charge in [0.1, 0.15) is 11.6 Å². The quantitative estimate of drug-likeness (QED) is 0.546. The smallest absolute Gasteiger partial charge is 0.311 e. The van der Waals surface area contributed by atoms with Crippen LogP contribution in [-0.2, 0) is 22.4 Å². The Kier molecular flexibility index (Phi) is 7.33. The summed E-state index contributed by atoms with van der Waals surface area (Å²) in [6.07, 6.45) is 3.04. The highest BCUT2D eigenvalue weighted by Crippen LogP contribution is 2.22. The second-order valence-corrected chi connectivity index (χ2v) is 6.30. The molecule has 0 aromatic heterocycles. The van der Waals surface area contributed by atoms with Gasteiger partial charge < -0.3 is 10.5 Å². The Hall–Kier alpha value is -2.69. The van der Waals surface area contributed by atoms with E-state index in [0.29, 0.717) is 30.6 Å². The van der Waals surface area contributed by atoms with Gasteiger partial charge in [0.05, 0.1) is 0 Å². The summed E-state index contributed by atoms with van der Waals surface area (Å²) < 4.78 is 19.4. The second-order valence-electron chi connectivity index (χ2n) is 6.30. The van der Waals surface area contributed by atoms with E-state index < -0.39 is 5.91 Å². The molecule has 0 radical (unpaired) electrons. The number of hydrogen-bond acceptors (Lipinski definition) is 3. The van der Waals surface area contributed by atoms with Gasteiger partial charge in [-0.2, -0.15) is 0 Å². The van der Waals surface area contributed by atoms with E-state index in [0.717, 1.165) is 24.0 Å². The fourth-order valence-electron chi connectivity index (χ4n) is 2.67. The Balaban J connectivity index is 2.23. The molecule has 0 saturated carbocycles. The van der Waals surface area contributed by atoms with E-state index in [4.69, 9.17) is 10.5 Å². The number of hydrogen-bond donors (Lipinski definition) is 1. The lowest BCUT2D eigenvalue weighted by Crippen LogP contribution is -2.12. The van der Waals surface area contributed by atoms with Crippen molar-refractivity contribution >= 4 is 11.9 Å². The summed E-state index contributed by atoms with van der Waals surface area (Å²) in [5.74, 6) is -0.558. The van der Waals surface area contributed by atoms with Crippen molar-refractivity contribution in [1.82, 2.24) is 0 Å². The van der Waals surface area contributed by atoms with E-state index in [1.165, 1.54) is 6.07 Å². The highest BCUT2D eigenvalue weighted by Gasteiger charge is 2.10. The van der Waals surface area contributed by atoms with Crippen LogP contribution in [0.3, 0.4) is 0 Å². The van der Waals surface area contributed by atoms with Crippen LogP contribution in [0.1, 0.15) is 49.3 Å². The van der Waals surface area contributed by atoms with Crippen LogP contribution in [0.2, 0.25) is 0 Å². The molecule has 0 heterocycles.